The van der Waals surface area contributed by atoms with Crippen LogP contribution in [0.15, 0.2) is 0 Å². The third-order valence-corrected chi connectivity index (χ3v) is 8.12. The average Bonchev–Trinajstić information content (AvgIpc) is 2.66. The van der Waals surface area contributed by atoms with Crippen LogP contribution in [0.25, 0.3) is 0 Å². The van der Waals surface area contributed by atoms with Gasteiger partial charge in [0.1, 0.15) is 5.78 Å². The number of rotatable bonds is 0. The number of hydrogen-bond donors (Lipinski definition) is 1. The molecule has 0 bridgehead atoms. The van der Waals surface area contributed by atoms with Gasteiger partial charge in [0, 0.05) is 11.8 Å². The van der Waals surface area contributed by atoms with Crippen molar-refractivity contribution in [1.29, 1.82) is 0 Å². The molecule has 2 heteroatoms. The number of carbonyl (C=O) groups excluding carboxylic acids is 1. The van der Waals surface area contributed by atoms with Gasteiger partial charge in [0.15, 0.2) is 0 Å². The first-order valence-electron chi connectivity index (χ1n) is 9.81. The lowest BCUT2D eigenvalue weighted by Gasteiger charge is -2.56. The molecule has 1 N–H and O–H groups in total. The minimum atomic E-state index is -0.0360. The molecule has 0 spiro atoms. The molecule has 2 nitrogen and oxygen atoms in total. The van der Waals surface area contributed by atoms with Crippen molar-refractivity contribution < 1.29 is 9.90 Å². The first kappa shape index (κ1) is 15.2. The van der Waals surface area contributed by atoms with E-state index in [-0.39, 0.29) is 11.5 Å². The van der Waals surface area contributed by atoms with Crippen LogP contribution in [0.4, 0.5) is 0 Å². The van der Waals surface area contributed by atoms with Crippen LogP contribution in [0.2, 0.25) is 0 Å². The summed E-state index contributed by atoms with van der Waals surface area (Å²) in [6.07, 6.45) is 12.9. The van der Waals surface area contributed by atoms with Crippen molar-refractivity contribution in [2.24, 2.45) is 35.0 Å². The summed E-state index contributed by atoms with van der Waals surface area (Å²) in [5, 5.41) is 10.00. The summed E-state index contributed by atoms with van der Waals surface area (Å²) >= 11 is 0. The lowest BCUT2D eigenvalue weighted by atomic mass is 9.49. The molecule has 0 aromatic heterocycles. The van der Waals surface area contributed by atoms with Gasteiger partial charge in [0.25, 0.3) is 0 Å². The molecule has 4 aliphatic carbocycles. The number of aliphatic hydroxyl groups is 1. The van der Waals surface area contributed by atoms with Crippen LogP contribution in [0.3, 0.4) is 0 Å². The van der Waals surface area contributed by atoms with E-state index in [1.54, 1.807) is 0 Å². The Morgan fingerprint density at radius 2 is 1.77 bits per heavy atom. The van der Waals surface area contributed by atoms with Gasteiger partial charge in [-0.15, -0.1) is 0 Å². The van der Waals surface area contributed by atoms with Crippen LogP contribution in [-0.2, 0) is 4.79 Å². The first-order valence-corrected chi connectivity index (χ1v) is 9.81. The SMILES string of the molecule is C[C@]12CC[C@H]3[C@@H](CC[C@@H]4C[C@H](O)CC[C@@H]43)[C@@H]1CCCCC2=O. The molecule has 0 radical (unpaired) electrons. The quantitative estimate of drug-likeness (QED) is 0.722. The van der Waals surface area contributed by atoms with Gasteiger partial charge in [0.05, 0.1) is 6.10 Å². The highest BCUT2D eigenvalue weighted by Gasteiger charge is 2.54. The number of aliphatic hydroxyl groups excluding tert-OH is 1. The molecule has 4 saturated carbocycles. The Bertz CT molecular complexity index is 445. The fourth-order valence-electron chi connectivity index (χ4n) is 6.96. The van der Waals surface area contributed by atoms with E-state index in [0.29, 0.717) is 11.7 Å². The molecule has 22 heavy (non-hydrogen) atoms. The summed E-state index contributed by atoms with van der Waals surface area (Å²) in [6.45, 7) is 2.30. The van der Waals surface area contributed by atoms with E-state index < -0.39 is 0 Å². The molecule has 0 amide bonds. The van der Waals surface area contributed by atoms with Crippen LogP contribution in [0.5, 0.6) is 0 Å². The van der Waals surface area contributed by atoms with Crippen LogP contribution >= 0.6 is 0 Å². The van der Waals surface area contributed by atoms with Gasteiger partial charge in [-0.25, -0.2) is 0 Å². The highest BCUT2D eigenvalue weighted by atomic mass is 16.3. The second-order valence-corrected chi connectivity index (χ2v) is 9.03. The van der Waals surface area contributed by atoms with Gasteiger partial charge in [-0.1, -0.05) is 13.3 Å². The number of hydrogen-bond acceptors (Lipinski definition) is 2. The molecule has 0 saturated heterocycles. The Balaban J connectivity index is 1.59. The molecule has 7 atom stereocenters. The lowest BCUT2D eigenvalue weighted by Crippen LogP contribution is -2.51. The minimum absolute atomic E-state index is 0.00131. The zero-order valence-corrected chi connectivity index (χ0v) is 14.1. The molecule has 0 aromatic rings. The van der Waals surface area contributed by atoms with E-state index in [2.05, 4.69) is 6.92 Å². The second kappa shape index (κ2) is 5.61. The molecule has 0 aromatic carbocycles. The highest BCUT2D eigenvalue weighted by molar-refractivity contribution is 5.85. The van der Waals surface area contributed by atoms with E-state index in [4.69, 9.17) is 0 Å². The van der Waals surface area contributed by atoms with Crippen molar-refractivity contribution in [2.75, 3.05) is 0 Å². The second-order valence-electron chi connectivity index (χ2n) is 9.03. The summed E-state index contributed by atoms with van der Waals surface area (Å²) < 4.78 is 0. The lowest BCUT2D eigenvalue weighted by molar-refractivity contribution is -0.141. The fourth-order valence-corrected chi connectivity index (χ4v) is 6.96. The topological polar surface area (TPSA) is 37.3 Å². The maximum atomic E-state index is 12.7. The monoisotopic (exact) mass is 304 g/mol. The van der Waals surface area contributed by atoms with E-state index in [1.165, 1.54) is 38.5 Å². The maximum absolute atomic E-state index is 12.7. The van der Waals surface area contributed by atoms with Gasteiger partial charge in [0.2, 0.25) is 0 Å². The van der Waals surface area contributed by atoms with Crippen molar-refractivity contribution in [1.82, 2.24) is 0 Å². The minimum Gasteiger partial charge on any atom is -0.393 e. The van der Waals surface area contributed by atoms with Gasteiger partial charge in [-0.2, -0.15) is 0 Å². The molecule has 4 aliphatic rings. The van der Waals surface area contributed by atoms with Crippen molar-refractivity contribution in [3.05, 3.63) is 0 Å². The van der Waals surface area contributed by atoms with Crippen LogP contribution in [0.1, 0.15) is 77.6 Å². The largest absolute Gasteiger partial charge is 0.393 e. The summed E-state index contributed by atoms with van der Waals surface area (Å²) in [5.74, 6) is 4.53. The first-order chi connectivity index (χ1) is 10.6. The van der Waals surface area contributed by atoms with Crippen molar-refractivity contribution in [2.45, 2.75) is 83.7 Å². The Morgan fingerprint density at radius 3 is 2.64 bits per heavy atom. The zero-order chi connectivity index (χ0) is 15.3. The average molecular weight is 304 g/mol. The van der Waals surface area contributed by atoms with Crippen LogP contribution in [0, 0.1) is 35.0 Å². The highest BCUT2D eigenvalue weighted by Crippen LogP contribution is 2.59. The molecule has 0 unspecified atom stereocenters. The Labute approximate surface area is 135 Å². The molecular weight excluding hydrogens is 272 g/mol. The molecule has 124 valence electrons. The number of Topliss-reactive ketones (excluding diaryl/α,β-unsaturated/α-hetero) is 1. The van der Waals surface area contributed by atoms with Crippen molar-refractivity contribution in [3.63, 3.8) is 0 Å². The standard InChI is InChI=1S/C20H32O2/c1-20-11-10-16-15-9-7-14(21)12-13(15)6-8-17(16)18(20)4-2-3-5-19(20)22/h13-18,21H,2-12H2,1H3/t13-,14-,15+,16-,17-,18+,20+/m1/s1. The van der Waals surface area contributed by atoms with E-state index >= 15 is 0 Å². The third kappa shape index (κ3) is 2.28. The van der Waals surface area contributed by atoms with Gasteiger partial charge >= 0.3 is 0 Å². The molecule has 4 fully saturated rings. The third-order valence-electron chi connectivity index (χ3n) is 8.12. The maximum Gasteiger partial charge on any atom is 0.139 e. The number of carbonyl (C=O) groups is 1. The predicted molar refractivity (Wildman–Crippen MR) is 87.4 cm³/mol. The summed E-state index contributed by atoms with van der Waals surface area (Å²) in [5.41, 5.74) is -0.00131. The number of ketones is 1. The van der Waals surface area contributed by atoms with Gasteiger partial charge in [-0.05, 0) is 87.4 Å². The Kier molecular flexibility index (Phi) is 3.87. The Hall–Kier alpha value is -0.370. The van der Waals surface area contributed by atoms with Gasteiger partial charge in [-0.3, -0.25) is 4.79 Å². The van der Waals surface area contributed by atoms with E-state index in [1.807, 2.05) is 0 Å². The van der Waals surface area contributed by atoms with E-state index in [9.17, 15) is 9.90 Å². The number of fused-ring (bicyclic) bond motifs is 5. The Morgan fingerprint density at radius 1 is 0.955 bits per heavy atom. The summed E-state index contributed by atoms with van der Waals surface area (Å²) in [6, 6.07) is 0. The van der Waals surface area contributed by atoms with Crippen LogP contribution in [-0.4, -0.2) is 17.0 Å². The fraction of sp³-hybridized carbons (Fsp3) is 0.950. The molecular formula is C20H32O2. The van der Waals surface area contributed by atoms with Crippen molar-refractivity contribution in [3.8, 4) is 0 Å². The molecule has 0 aliphatic heterocycles. The van der Waals surface area contributed by atoms with Crippen LogP contribution < -0.4 is 0 Å². The summed E-state index contributed by atoms with van der Waals surface area (Å²) in [4.78, 5) is 12.7. The molecule has 4 rings (SSSR count). The van der Waals surface area contributed by atoms with Gasteiger partial charge < -0.3 is 5.11 Å². The van der Waals surface area contributed by atoms with E-state index in [0.717, 1.165) is 55.8 Å². The summed E-state index contributed by atoms with van der Waals surface area (Å²) in [7, 11) is 0. The van der Waals surface area contributed by atoms with Crippen molar-refractivity contribution >= 4 is 5.78 Å². The normalized spacial score (nSPS) is 52.2. The predicted octanol–water partition coefficient (Wildman–Crippen LogP) is 4.35. The zero-order valence-electron chi connectivity index (χ0n) is 14.1. The molecule has 0 heterocycles. The smallest absolute Gasteiger partial charge is 0.139 e.